The topological polar surface area (TPSA) is 75.9 Å². The molecule has 0 atom stereocenters. The molecule has 1 fully saturated rings. The highest BCUT2D eigenvalue weighted by Crippen LogP contribution is 2.25. The van der Waals surface area contributed by atoms with Crippen LogP contribution >= 0.6 is 0 Å². The number of benzene rings is 1. The van der Waals surface area contributed by atoms with Crippen molar-refractivity contribution in [2.24, 2.45) is 0 Å². The molecule has 5 rings (SSSR count). The minimum atomic E-state index is -0.497. The standard InChI is InChI=1S/C22H18F2N6O/c23-17-6-5-16(27-22(31)29-8-1-2-9-29)11-19(17)30-13-15-10-14(12-26-21(15)28-30)20-18(24)4-3-7-25-20/h3-7,10-13H,1-2,8-9H2,(H,27,31). The van der Waals surface area contributed by atoms with E-state index in [2.05, 4.69) is 20.4 Å². The van der Waals surface area contributed by atoms with Crippen molar-refractivity contribution < 1.29 is 13.6 Å². The van der Waals surface area contributed by atoms with Gasteiger partial charge in [0.25, 0.3) is 0 Å². The molecule has 1 N–H and O–H groups in total. The van der Waals surface area contributed by atoms with Crippen molar-refractivity contribution in [2.75, 3.05) is 18.4 Å². The largest absolute Gasteiger partial charge is 0.325 e. The van der Waals surface area contributed by atoms with Gasteiger partial charge in [0.2, 0.25) is 0 Å². The van der Waals surface area contributed by atoms with Gasteiger partial charge in [0, 0.05) is 48.3 Å². The molecule has 2 amide bonds. The van der Waals surface area contributed by atoms with E-state index in [-0.39, 0.29) is 17.4 Å². The number of pyridine rings is 2. The quantitative estimate of drug-likeness (QED) is 0.533. The van der Waals surface area contributed by atoms with E-state index in [0.29, 0.717) is 22.3 Å². The zero-order valence-electron chi connectivity index (χ0n) is 16.4. The molecule has 1 saturated heterocycles. The predicted molar refractivity (Wildman–Crippen MR) is 112 cm³/mol. The maximum absolute atomic E-state index is 14.6. The number of aromatic nitrogens is 4. The van der Waals surface area contributed by atoms with Crippen molar-refractivity contribution in [1.29, 1.82) is 0 Å². The maximum Gasteiger partial charge on any atom is 0.321 e. The van der Waals surface area contributed by atoms with E-state index in [1.54, 1.807) is 17.2 Å². The third-order valence-corrected chi connectivity index (χ3v) is 5.23. The number of hydrogen-bond donors (Lipinski definition) is 1. The number of anilines is 1. The van der Waals surface area contributed by atoms with Crippen molar-refractivity contribution in [3.63, 3.8) is 0 Å². The number of rotatable bonds is 3. The van der Waals surface area contributed by atoms with E-state index in [1.807, 2.05) is 0 Å². The Morgan fingerprint density at radius 3 is 2.68 bits per heavy atom. The lowest BCUT2D eigenvalue weighted by molar-refractivity contribution is 0.222. The number of urea groups is 1. The Kier molecular flexibility index (Phi) is 4.78. The lowest BCUT2D eigenvalue weighted by atomic mass is 10.1. The van der Waals surface area contributed by atoms with Crippen LogP contribution in [0.4, 0.5) is 19.3 Å². The summed E-state index contributed by atoms with van der Waals surface area (Å²) < 4.78 is 30.0. The SMILES string of the molecule is O=C(Nc1ccc(F)c(-n2cc3cc(-c4ncccc4F)cnc3n2)c1)N1CCCC1. The summed E-state index contributed by atoms with van der Waals surface area (Å²) in [6, 6.07) is 8.65. The van der Waals surface area contributed by atoms with Crippen LogP contribution in [0.1, 0.15) is 12.8 Å². The molecule has 0 radical (unpaired) electrons. The van der Waals surface area contributed by atoms with Crippen LogP contribution < -0.4 is 5.32 Å². The number of likely N-dealkylation sites (tertiary alicyclic amines) is 1. The van der Waals surface area contributed by atoms with Crippen LogP contribution in [0.3, 0.4) is 0 Å². The molecule has 0 bridgehead atoms. The molecule has 7 nitrogen and oxygen atoms in total. The molecule has 4 heterocycles. The fraction of sp³-hybridized carbons (Fsp3) is 0.182. The first-order chi connectivity index (χ1) is 15.1. The number of amides is 2. The van der Waals surface area contributed by atoms with Crippen LogP contribution in [-0.4, -0.2) is 43.8 Å². The minimum Gasteiger partial charge on any atom is -0.325 e. The van der Waals surface area contributed by atoms with Gasteiger partial charge < -0.3 is 10.2 Å². The molecule has 9 heteroatoms. The van der Waals surface area contributed by atoms with Crippen LogP contribution in [0.15, 0.2) is 55.0 Å². The van der Waals surface area contributed by atoms with Gasteiger partial charge in [-0.1, -0.05) is 0 Å². The van der Waals surface area contributed by atoms with Gasteiger partial charge in [-0.05, 0) is 49.2 Å². The Morgan fingerprint density at radius 2 is 1.87 bits per heavy atom. The van der Waals surface area contributed by atoms with Gasteiger partial charge in [-0.3, -0.25) is 4.98 Å². The number of nitrogens with zero attached hydrogens (tertiary/aromatic N) is 5. The summed E-state index contributed by atoms with van der Waals surface area (Å²) in [4.78, 5) is 22.4. The normalized spacial score (nSPS) is 13.7. The average molecular weight is 420 g/mol. The highest BCUT2D eigenvalue weighted by atomic mass is 19.1. The van der Waals surface area contributed by atoms with Gasteiger partial charge in [0.15, 0.2) is 5.65 Å². The fourth-order valence-corrected chi connectivity index (χ4v) is 3.66. The van der Waals surface area contributed by atoms with Gasteiger partial charge in [-0.15, -0.1) is 5.10 Å². The van der Waals surface area contributed by atoms with E-state index >= 15 is 0 Å². The molecule has 3 aromatic heterocycles. The van der Waals surface area contributed by atoms with E-state index < -0.39 is 11.6 Å². The Balaban J connectivity index is 1.47. The first-order valence-corrected chi connectivity index (χ1v) is 9.91. The van der Waals surface area contributed by atoms with Crippen molar-refractivity contribution in [3.05, 3.63) is 66.6 Å². The van der Waals surface area contributed by atoms with E-state index in [0.717, 1.165) is 25.9 Å². The Hall–Kier alpha value is -3.88. The predicted octanol–water partition coefficient (Wildman–Crippen LogP) is 4.39. The molecular weight excluding hydrogens is 402 g/mol. The highest BCUT2D eigenvalue weighted by Gasteiger charge is 2.19. The average Bonchev–Trinajstić information content (AvgIpc) is 3.45. The molecule has 0 unspecified atom stereocenters. The lowest BCUT2D eigenvalue weighted by Crippen LogP contribution is -2.32. The first-order valence-electron chi connectivity index (χ1n) is 9.91. The first kappa shape index (κ1) is 19.1. The smallest absolute Gasteiger partial charge is 0.321 e. The minimum absolute atomic E-state index is 0.169. The number of nitrogens with one attached hydrogen (secondary N) is 1. The number of fused-ring (bicyclic) bond motifs is 1. The number of halogens is 2. The van der Waals surface area contributed by atoms with Crippen LogP contribution in [0.2, 0.25) is 0 Å². The van der Waals surface area contributed by atoms with E-state index in [9.17, 15) is 13.6 Å². The molecule has 1 aliphatic rings. The molecule has 0 aliphatic carbocycles. The summed E-state index contributed by atoms with van der Waals surface area (Å²) in [5.41, 5.74) is 1.70. The van der Waals surface area contributed by atoms with E-state index in [1.165, 1.54) is 47.4 Å². The number of carbonyl (C=O) groups excluding carboxylic acids is 1. The highest BCUT2D eigenvalue weighted by molar-refractivity contribution is 5.90. The summed E-state index contributed by atoms with van der Waals surface area (Å²) in [5.74, 6) is -0.952. The molecule has 0 spiro atoms. The van der Waals surface area contributed by atoms with Crippen LogP contribution in [-0.2, 0) is 0 Å². The van der Waals surface area contributed by atoms with Crippen molar-refractivity contribution in [3.8, 4) is 16.9 Å². The second kappa shape index (κ2) is 7.75. The molecular formula is C22H18F2N6O. The molecule has 0 saturated carbocycles. The van der Waals surface area contributed by atoms with Crippen LogP contribution in [0, 0.1) is 11.6 Å². The van der Waals surface area contributed by atoms with Gasteiger partial charge >= 0.3 is 6.03 Å². The summed E-state index contributed by atoms with van der Waals surface area (Å²) in [5, 5.41) is 7.74. The zero-order valence-corrected chi connectivity index (χ0v) is 16.4. The van der Waals surface area contributed by atoms with Crippen molar-refractivity contribution in [2.45, 2.75) is 12.8 Å². The van der Waals surface area contributed by atoms with Gasteiger partial charge in [0.05, 0.1) is 0 Å². The molecule has 4 aromatic rings. The maximum atomic E-state index is 14.6. The van der Waals surface area contributed by atoms with Gasteiger partial charge in [0.1, 0.15) is 23.0 Å². The summed E-state index contributed by atoms with van der Waals surface area (Å²) in [6.07, 6.45) is 6.56. The van der Waals surface area contributed by atoms with E-state index in [4.69, 9.17) is 0 Å². The molecule has 31 heavy (non-hydrogen) atoms. The number of carbonyl (C=O) groups is 1. The summed E-state index contributed by atoms with van der Waals surface area (Å²) in [6.45, 7) is 1.44. The van der Waals surface area contributed by atoms with Crippen molar-refractivity contribution in [1.82, 2.24) is 24.6 Å². The summed E-state index contributed by atoms with van der Waals surface area (Å²) in [7, 11) is 0. The molecule has 1 aromatic carbocycles. The number of hydrogen-bond acceptors (Lipinski definition) is 4. The second-order valence-electron chi connectivity index (χ2n) is 7.33. The molecule has 156 valence electrons. The Labute approximate surface area is 176 Å². The van der Waals surface area contributed by atoms with Gasteiger partial charge in [-0.2, -0.15) is 0 Å². The lowest BCUT2D eigenvalue weighted by Gasteiger charge is -2.16. The van der Waals surface area contributed by atoms with Gasteiger partial charge in [-0.25, -0.2) is 23.2 Å². The summed E-state index contributed by atoms with van der Waals surface area (Å²) >= 11 is 0. The third-order valence-electron chi connectivity index (χ3n) is 5.23. The fourth-order valence-electron chi connectivity index (χ4n) is 3.66. The van der Waals surface area contributed by atoms with Crippen LogP contribution in [0.5, 0.6) is 0 Å². The Bertz CT molecular complexity index is 1280. The molecule has 1 aliphatic heterocycles. The third kappa shape index (κ3) is 3.70. The second-order valence-corrected chi connectivity index (χ2v) is 7.33. The zero-order chi connectivity index (χ0) is 21.4. The van der Waals surface area contributed by atoms with Crippen molar-refractivity contribution >= 4 is 22.8 Å². The monoisotopic (exact) mass is 420 g/mol. The van der Waals surface area contributed by atoms with Crippen LogP contribution in [0.25, 0.3) is 28.0 Å². The Morgan fingerprint density at radius 1 is 1.03 bits per heavy atom.